The maximum atomic E-state index is 12.7. The van der Waals surface area contributed by atoms with E-state index in [1.54, 1.807) is 0 Å². The summed E-state index contributed by atoms with van der Waals surface area (Å²) in [5, 5.41) is 9.77. The number of phosphoric acid groups is 2. The molecule has 1 aliphatic heterocycles. The number of carbonyl (C=O) groups excluding carboxylic acids is 2. The van der Waals surface area contributed by atoms with Crippen molar-refractivity contribution in [2.24, 2.45) is 0 Å². The highest BCUT2D eigenvalue weighted by Gasteiger charge is 2.36. The summed E-state index contributed by atoms with van der Waals surface area (Å²) in [6, 6.07) is 0. The number of hydrogen-bond acceptors (Lipinski definition) is 11. The molecule has 1 aliphatic rings. The van der Waals surface area contributed by atoms with Crippen LogP contribution in [0, 0.1) is 0 Å². The largest absolute Gasteiger partial charge is 0.472 e. The predicted octanol–water partition coefficient (Wildman–Crippen LogP) is 11.2. The van der Waals surface area contributed by atoms with Gasteiger partial charge in [-0.1, -0.05) is 140 Å². The Labute approximate surface area is 373 Å². The van der Waals surface area contributed by atoms with E-state index in [2.05, 4.69) is 67.0 Å². The Hall–Kier alpha value is -1.96. The van der Waals surface area contributed by atoms with Crippen molar-refractivity contribution in [2.75, 3.05) is 26.4 Å². The van der Waals surface area contributed by atoms with Crippen molar-refractivity contribution >= 4 is 27.6 Å². The number of aliphatic hydroxyl groups is 1. The lowest BCUT2D eigenvalue weighted by Gasteiger charge is -2.20. The molecule has 0 aromatic heterocycles. The molecule has 0 aromatic carbocycles. The predicted molar refractivity (Wildman–Crippen MR) is 243 cm³/mol. The van der Waals surface area contributed by atoms with Crippen molar-refractivity contribution < 1.29 is 66.3 Å². The fourth-order valence-electron chi connectivity index (χ4n) is 6.43. The molecule has 360 valence electrons. The van der Waals surface area contributed by atoms with Gasteiger partial charge in [-0.25, -0.2) is 9.13 Å². The van der Waals surface area contributed by atoms with Gasteiger partial charge in [-0.15, -0.1) is 0 Å². The van der Waals surface area contributed by atoms with Gasteiger partial charge in [-0.2, -0.15) is 0 Å². The molecule has 0 bridgehead atoms. The van der Waals surface area contributed by atoms with Crippen molar-refractivity contribution in [3.8, 4) is 0 Å². The minimum Gasteiger partial charge on any atom is -0.462 e. The fourth-order valence-corrected chi connectivity index (χ4v) is 7.59. The van der Waals surface area contributed by atoms with Crippen molar-refractivity contribution in [3.05, 3.63) is 48.6 Å². The first-order chi connectivity index (χ1) is 29.8. The standard InChI is InChI=1S/C46H82O14P2/c1-3-5-7-9-11-13-15-17-18-19-20-21-23-25-27-29-31-35-46(49)59-42(40-58-62(53,54)57-38-41(47)37-56-61(50,51)52)39-55-45(48)36-32-34-44-43(60-44)33-30-28-26-24-22-16-14-12-10-8-6-4-2/h12,14,17-18,22,24,28,30,41-44,47H,3-11,13,15-16,19-21,23,25-27,29,31-40H2,1-2H3,(H,53,54)(H2,50,51,52)/b14-12-,18-17-,24-22-,30-28-/t41-,42+,43?,44?/m0/s1. The summed E-state index contributed by atoms with van der Waals surface area (Å²) in [5.41, 5.74) is 0. The van der Waals surface area contributed by atoms with Crippen molar-refractivity contribution in [1.29, 1.82) is 0 Å². The van der Waals surface area contributed by atoms with E-state index < -0.39 is 66.2 Å². The molecule has 62 heavy (non-hydrogen) atoms. The Balaban J connectivity index is 2.39. The molecule has 0 saturated carbocycles. The van der Waals surface area contributed by atoms with E-state index in [-0.39, 0.29) is 25.0 Å². The Morgan fingerprint density at radius 2 is 1.05 bits per heavy atom. The number of esters is 2. The Morgan fingerprint density at radius 1 is 0.565 bits per heavy atom. The third-order valence-electron chi connectivity index (χ3n) is 10.1. The molecule has 1 saturated heterocycles. The molecule has 4 N–H and O–H groups in total. The molecule has 14 nitrogen and oxygen atoms in total. The van der Waals surface area contributed by atoms with Crippen molar-refractivity contribution in [1.82, 2.24) is 0 Å². The minimum atomic E-state index is -4.87. The average Bonchev–Trinajstić information content (AvgIpc) is 3.99. The van der Waals surface area contributed by atoms with E-state index in [9.17, 15) is 28.7 Å². The molecule has 3 unspecified atom stereocenters. The van der Waals surface area contributed by atoms with Gasteiger partial charge in [0.15, 0.2) is 6.10 Å². The minimum absolute atomic E-state index is 0.0790. The van der Waals surface area contributed by atoms with Crippen LogP contribution in [-0.4, -0.2) is 82.6 Å². The smallest absolute Gasteiger partial charge is 0.462 e. The number of ether oxygens (including phenoxy) is 3. The number of aliphatic hydroxyl groups excluding tert-OH is 1. The summed E-state index contributed by atoms with van der Waals surface area (Å²) in [4.78, 5) is 52.9. The van der Waals surface area contributed by atoms with Crippen LogP contribution in [-0.2, 0) is 46.5 Å². The SMILES string of the molecule is CCCCC/C=C\C/C=C\C/C=C\CC1OC1CCCC(=O)OC[C@H](COP(=O)(O)OC[C@@H](O)COP(=O)(O)O)OC(=O)CCCCCCCCC/C=C\CCCCCCCC. The number of epoxide rings is 1. The van der Waals surface area contributed by atoms with Crippen LogP contribution in [0.4, 0.5) is 0 Å². The molecule has 16 heteroatoms. The summed E-state index contributed by atoms with van der Waals surface area (Å²) < 4.78 is 53.6. The highest BCUT2D eigenvalue weighted by Crippen LogP contribution is 2.44. The van der Waals surface area contributed by atoms with E-state index in [4.69, 9.17) is 33.0 Å². The third kappa shape index (κ3) is 38.5. The number of allylic oxidation sites excluding steroid dienone is 7. The first-order valence-electron chi connectivity index (χ1n) is 23.5. The van der Waals surface area contributed by atoms with Gasteiger partial charge in [0.2, 0.25) is 0 Å². The van der Waals surface area contributed by atoms with E-state index >= 15 is 0 Å². The maximum absolute atomic E-state index is 12.7. The van der Waals surface area contributed by atoms with Crippen LogP contribution in [0.3, 0.4) is 0 Å². The van der Waals surface area contributed by atoms with Crippen LogP contribution in [0.2, 0.25) is 0 Å². The lowest BCUT2D eigenvalue weighted by molar-refractivity contribution is -0.161. The molecule has 0 radical (unpaired) electrons. The van der Waals surface area contributed by atoms with E-state index in [1.165, 1.54) is 77.0 Å². The zero-order valence-corrected chi connectivity index (χ0v) is 39.7. The fraction of sp³-hybridized carbons (Fsp3) is 0.783. The first kappa shape index (κ1) is 58.1. The lowest BCUT2D eigenvalue weighted by Crippen LogP contribution is -2.30. The van der Waals surface area contributed by atoms with Crippen molar-refractivity contribution in [3.63, 3.8) is 0 Å². The molecule has 5 atom stereocenters. The van der Waals surface area contributed by atoms with Crippen LogP contribution >= 0.6 is 15.6 Å². The van der Waals surface area contributed by atoms with Gasteiger partial charge in [-0.3, -0.25) is 23.2 Å². The molecular formula is C46H82O14P2. The molecular weight excluding hydrogens is 838 g/mol. The van der Waals surface area contributed by atoms with Crippen LogP contribution < -0.4 is 0 Å². The van der Waals surface area contributed by atoms with Gasteiger partial charge < -0.3 is 34.0 Å². The Kier molecular flexibility index (Phi) is 35.9. The highest BCUT2D eigenvalue weighted by atomic mass is 31.2. The van der Waals surface area contributed by atoms with E-state index in [0.717, 1.165) is 57.8 Å². The molecule has 0 aliphatic carbocycles. The van der Waals surface area contributed by atoms with Gasteiger partial charge >= 0.3 is 27.6 Å². The van der Waals surface area contributed by atoms with Gasteiger partial charge in [0.25, 0.3) is 0 Å². The normalized spacial score (nSPS) is 17.6. The zero-order chi connectivity index (χ0) is 45.6. The van der Waals surface area contributed by atoms with Crippen molar-refractivity contribution in [2.45, 2.75) is 205 Å². The molecule has 1 rings (SSSR count). The second kappa shape index (κ2) is 38.3. The van der Waals surface area contributed by atoms with E-state index in [1.807, 2.05) is 0 Å². The molecule has 0 spiro atoms. The third-order valence-corrected chi connectivity index (χ3v) is 11.5. The number of hydrogen-bond donors (Lipinski definition) is 4. The van der Waals surface area contributed by atoms with Crippen LogP contribution in [0.1, 0.15) is 181 Å². The van der Waals surface area contributed by atoms with Gasteiger partial charge in [-0.05, 0) is 77.0 Å². The summed E-state index contributed by atoms with van der Waals surface area (Å²) >= 11 is 0. The zero-order valence-electron chi connectivity index (χ0n) is 37.9. The topological polar surface area (TPSA) is 208 Å². The van der Waals surface area contributed by atoms with E-state index in [0.29, 0.717) is 19.3 Å². The Morgan fingerprint density at radius 3 is 1.68 bits per heavy atom. The molecule has 0 aromatic rings. The second-order valence-corrected chi connectivity index (χ2v) is 18.8. The number of rotatable bonds is 43. The first-order valence-corrected chi connectivity index (χ1v) is 26.5. The maximum Gasteiger partial charge on any atom is 0.472 e. The quantitative estimate of drug-likeness (QED) is 0.0148. The van der Waals surface area contributed by atoms with Crippen LogP contribution in [0.25, 0.3) is 0 Å². The number of carbonyl (C=O) groups is 2. The summed E-state index contributed by atoms with van der Waals surface area (Å²) in [6.07, 6.45) is 41.1. The average molecular weight is 921 g/mol. The molecule has 0 amide bonds. The van der Waals surface area contributed by atoms with Crippen LogP contribution in [0.5, 0.6) is 0 Å². The van der Waals surface area contributed by atoms with Gasteiger partial charge in [0.1, 0.15) is 12.7 Å². The monoisotopic (exact) mass is 921 g/mol. The summed E-state index contributed by atoms with van der Waals surface area (Å²) in [7, 11) is -9.71. The van der Waals surface area contributed by atoms with Gasteiger partial charge in [0, 0.05) is 12.8 Å². The second-order valence-electron chi connectivity index (χ2n) is 16.1. The van der Waals surface area contributed by atoms with Gasteiger partial charge in [0.05, 0.1) is 32.0 Å². The Bertz CT molecular complexity index is 1350. The van der Waals surface area contributed by atoms with Crippen LogP contribution in [0.15, 0.2) is 48.6 Å². The highest BCUT2D eigenvalue weighted by molar-refractivity contribution is 7.47. The number of phosphoric ester groups is 2. The molecule has 1 heterocycles. The lowest BCUT2D eigenvalue weighted by atomic mass is 10.1. The summed E-state index contributed by atoms with van der Waals surface area (Å²) in [5.74, 6) is -1.11. The molecule has 1 fully saturated rings. The number of unbranched alkanes of at least 4 members (excludes halogenated alkanes) is 16. The summed E-state index contributed by atoms with van der Waals surface area (Å²) in [6.45, 7) is 1.65.